The molecule has 2 heterocycles. The summed E-state index contributed by atoms with van der Waals surface area (Å²) in [5, 5.41) is 10.2. The van der Waals surface area contributed by atoms with Crippen LogP contribution in [0, 0.1) is 0 Å². The summed E-state index contributed by atoms with van der Waals surface area (Å²) in [7, 11) is 3.14. The van der Waals surface area contributed by atoms with Gasteiger partial charge < -0.3 is 19.3 Å². The second-order valence-electron chi connectivity index (χ2n) is 4.74. The molecule has 1 aliphatic heterocycles. The van der Waals surface area contributed by atoms with Gasteiger partial charge in [0.1, 0.15) is 11.5 Å². The maximum atomic E-state index is 10.2. The predicted octanol–water partition coefficient (Wildman–Crippen LogP) is 1.94. The number of hydrogen-bond donors (Lipinski definition) is 1. The molecule has 0 bridgehead atoms. The topological polar surface area (TPSA) is 73.2 Å². The van der Waals surface area contributed by atoms with Gasteiger partial charge in [0.05, 0.1) is 19.8 Å². The monoisotopic (exact) mass is 300 g/mol. The highest BCUT2D eigenvalue weighted by atomic mass is 16.5. The first-order valence-electron chi connectivity index (χ1n) is 6.78. The van der Waals surface area contributed by atoms with Crippen LogP contribution in [0.2, 0.25) is 0 Å². The summed E-state index contributed by atoms with van der Waals surface area (Å²) in [4.78, 5) is 8.18. The third-order valence-electron chi connectivity index (χ3n) is 3.41. The third-order valence-corrected chi connectivity index (χ3v) is 3.41. The SMILES string of the molecule is COc1ccc(C2OC(c3cccnc3)=NC2O)c(OC)c1. The van der Waals surface area contributed by atoms with E-state index < -0.39 is 12.3 Å². The Balaban J connectivity index is 1.89. The number of benzene rings is 1. The fourth-order valence-electron chi connectivity index (χ4n) is 2.31. The number of methoxy groups -OCH3 is 2. The number of rotatable bonds is 4. The molecule has 0 saturated heterocycles. The highest BCUT2D eigenvalue weighted by Crippen LogP contribution is 2.36. The molecule has 114 valence electrons. The number of aliphatic imine (C=N–C) groups is 1. The highest BCUT2D eigenvalue weighted by molar-refractivity contribution is 5.95. The molecule has 2 aromatic rings. The quantitative estimate of drug-likeness (QED) is 0.934. The molecule has 2 unspecified atom stereocenters. The first-order valence-corrected chi connectivity index (χ1v) is 6.78. The molecule has 22 heavy (non-hydrogen) atoms. The zero-order chi connectivity index (χ0) is 15.5. The molecule has 3 rings (SSSR count). The molecule has 0 radical (unpaired) electrons. The van der Waals surface area contributed by atoms with Crippen LogP contribution in [-0.2, 0) is 4.74 Å². The van der Waals surface area contributed by atoms with Gasteiger partial charge in [-0.1, -0.05) is 0 Å². The van der Waals surface area contributed by atoms with Crippen LogP contribution in [0.3, 0.4) is 0 Å². The van der Waals surface area contributed by atoms with Crippen molar-refractivity contribution in [1.82, 2.24) is 4.98 Å². The average molecular weight is 300 g/mol. The van der Waals surface area contributed by atoms with Gasteiger partial charge in [-0.3, -0.25) is 4.98 Å². The lowest BCUT2D eigenvalue weighted by Crippen LogP contribution is -2.14. The standard InChI is InChI=1S/C16H16N2O4/c1-20-11-5-6-12(13(8-11)21-2)14-15(19)18-16(22-14)10-4-3-7-17-9-10/h3-9,14-15,19H,1-2H3. The van der Waals surface area contributed by atoms with Crippen LogP contribution in [0.1, 0.15) is 17.2 Å². The van der Waals surface area contributed by atoms with E-state index in [4.69, 9.17) is 14.2 Å². The molecule has 0 amide bonds. The van der Waals surface area contributed by atoms with E-state index in [1.54, 1.807) is 50.9 Å². The summed E-state index contributed by atoms with van der Waals surface area (Å²) in [5.74, 6) is 1.61. The molecule has 2 atom stereocenters. The van der Waals surface area contributed by atoms with Crippen molar-refractivity contribution in [3.63, 3.8) is 0 Å². The Morgan fingerprint density at radius 3 is 2.73 bits per heavy atom. The molecule has 0 saturated carbocycles. The van der Waals surface area contributed by atoms with Crippen molar-refractivity contribution in [1.29, 1.82) is 0 Å². The second kappa shape index (κ2) is 6.03. The van der Waals surface area contributed by atoms with Crippen LogP contribution in [0.25, 0.3) is 0 Å². The van der Waals surface area contributed by atoms with Gasteiger partial charge in [-0.2, -0.15) is 0 Å². The van der Waals surface area contributed by atoms with Crippen LogP contribution in [0.15, 0.2) is 47.7 Å². The van der Waals surface area contributed by atoms with Gasteiger partial charge in [-0.05, 0) is 24.3 Å². The Kier molecular flexibility index (Phi) is 3.93. The zero-order valence-electron chi connectivity index (χ0n) is 12.3. The Labute approximate surface area is 128 Å². The van der Waals surface area contributed by atoms with Crippen LogP contribution >= 0.6 is 0 Å². The van der Waals surface area contributed by atoms with Crippen LogP contribution in [0.4, 0.5) is 0 Å². The van der Waals surface area contributed by atoms with E-state index in [1.807, 2.05) is 6.07 Å². The van der Waals surface area contributed by atoms with E-state index in [-0.39, 0.29) is 0 Å². The minimum atomic E-state index is -1.00. The van der Waals surface area contributed by atoms with Gasteiger partial charge >= 0.3 is 0 Å². The lowest BCUT2D eigenvalue weighted by Gasteiger charge is -2.18. The van der Waals surface area contributed by atoms with Crippen LogP contribution in [0.5, 0.6) is 11.5 Å². The summed E-state index contributed by atoms with van der Waals surface area (Å²) in [5.41, 5.74) is 1.43. The smallest absolute Gasteiger partial charge is 0.221 e. The summed E-state index contributed by atoms with van der Waals surface area (Å²) >= 11 is 0. The van der Waals surface area contributed by atoms with Gasteiger partial charge in [-0.25, -0.2) is 4.99 Å². The maximum Gasteiger partial charge on any atom is 0.221 e. The van der Waals surface area contributed by atoms with Crippen molar-refractivity contribution < 1.29 is 19.3 Å². The van der Waals surface area contributed by atoms with Crippen molar-refractivity contribution >= 4 is 5.90 Å². The molecule has 1 aromatic heterocycles. The molecular formula is C16H16N2O4. The molecule has 1 aliphatic rings. The average Bonchev–Trinajstić information content (AvgIpc) is 2.96. The Bertz CT molecular complexity index is 688. The van der Waals surface area contributed by atoms with E-state index in [0.717, 1.165) is 5.56 Å². The summed E-state index contributed by atoms with van der Waals surface area (Å²) in [6.45, 7) is 0. The molecule has 1 N–H and O–H groups in total. The molecule has 0 fully saturated rings. The van der Waals surface area contributed by atoms with Crippen molar-refractivity contribution in [2.45, 2.75) is 12.3 Å². The zero-order valence-corrected chi connectivity index (χ0v) is 12.3. The number of hydrogen-bond acceptors (Lipinski definition) is 6. The van der Waals surface area contributed by atoms with E-state index in [9.17, 15) is 5.11 Å². The largest absolute Gasteiger partial charge is 0.497 e. The fourth-order valence-corrected chi connectivity index (χ4v) is 2.31. The van der Waals surface area contributed by atoms with Crippen molar-refractivity contribution in [3.05, 3.63) is 53.9 Å². The van der Waals surface area contributed by atoms with Crippen LogP contribution in [-0.4, -0.2) is 36.4 Å². The Morgan fingerprint density at radius 2 is 2.05 bits per heavy atom. The summed E-state index contributed by atoms with van der Waals surface area (Å²) in [6.07, 6.45) is 1.67. The van der Waals surface area contributed by atoms with E-state index >= 15 is 0 Å². The molecule has 6 heteroatoms. The summed E-state index contributed by atoms with van der Waals surface area (Å²) < 4.78 is 16.3. The number of nitrogens with zero attached hydrogens (tertiary/aromatic N) is 2. The third kappa shape index (κ3) is 2.60. The highest BCUT2D eigenvalue weighted by Gasteiger charge is 2.33. The minimum Gasteiger partial charge on any atom is -0.497 e. The van der Waals surface area contributed by atoms with E-state index in [1.165, 1.54) is 0 Å². The number of aromatic nitrogens is 1. The molecular weight excluding hydrogens is 284 g/mol. The Morgan fingerprint density at radius 1 is 1.18 bits per heavy atom. The lowest BCUT2D eigenvalue weighted by molar-refractivity contribution is 0.0626. The van der Waals surface area contributed by atoms with Gasteiger partial charge in [0.2, 0.25) is 5.90 Å². The number of ether oxygens (including phenoxy) is 3. The maximum absolute atomic E-state index is 10.2. The van der Waals surface area contributed by atoms with Gasteiger partial charge in [-0.15, -0.1) is 0 Å². The number of aliphatic hydroxyl groups is 1. The minimum absolute atomic E-state index is 0.364. The van der Waals surface area contributed by atoms with Crippen molar-refractivity contribution in [2.24, 2.45) is 4.99 Å². The van der Waals surface area contributed by atoms with Crippen LogP contribution < -0.4 is 9.47 Å². The van der Waals surface area contributed by atoms with Gasteiger partial charge in [0.15, 0.2) is 12.3 Å². The molecule has 1 aromatic carbocycles. The first kappa shape index (κ1) is 14.3. The van der Waals surface area contributed by atoms with Crippen molar-refractivity contribution in [3.8, 4) is 11.5 Å². The van der Waals surface area contributed by atoms with Crippen molar-refractivity contribution in [2.75, 3.05) is 14.2 Å². The molecule has 6 nitrogen and oxygen atoms in total. The van der Waals surface area contributed by atoms with E-state index in [0.29, 0.717) is 23.0 Å². The number of aliphatic hydroxyl groups excluding tert-OH is 1. The van der Waals surface area contributed by atoms with Gasteiger partial charge in [0.25, 0.3) is 0 Å². The Hall–Kier alpha value is -2.60. The van der Waals surface area contributed by atoms with Gasteiger partial charge in [0, 0.05) is 24.0 Å². The molecule has 0 spiro atoms. The second-order valence-corrected chi connectivity index (χ2v) is 4.74. The first-order chi connectivity index (χ1) is 10.7. The lowest BCUT2D eigenvalue weighted by atomic mass is 10.1. The summed E-state index contributed by atoms with van der Waals surface area (Å²) in [6, 6.07) is 8.94. The van der Waals surface area contributed by atoms with E-state index in [2.05, 4.69) is 9.98 Å². The molecule has 0 aliphatic carbocycles. The normalized spacial score (nSPS) is 20.2. The predicted molar refractivity (Wildman–Crippen MR) is 80.2 cm³/mol. The fraction of sp³-hybridized carbons (Fsp3) is 0.250. The number of pyridine rings is 1.